The van der Waals surface area contributed by atoms with E-state index in [1.165, 1.54) is 5.56 Å². The zero-order valence-corrected chi connectivity index (χ0v) is 14.7. The van der Waals surface area contributed by atoms with Gasteiger partial charge in [0.15, 0.2) is 0 Å². The van der Waals surface area contributed by atoms with Crippen molar-refractivity contribution in [1.29, 1.82) is 0 Å². The van der Waals surface area contributed by atoms with Crippen molar-refractivity contribution in [2.45, 2.75) is 31.0 Å². The number of hydrogen-bond donors (Lipinski definition) is 2. The summed E-state index contributed by atoms with van der Waals surface area (Å²) in [7, 11) is 0. The van der Waals surface area contributed by atoms with Crippen molar-refractivity contribution in [3.8, 4) is 5.75 Å². The molecule has 0 aromatic heterocycles. The molecule has 136 valence electrons. The number of aromatic hydroxyl groups is 1. The minimum absolute atomic E-state index is 0.000902. The van der Waals surface area contributed by atoms with E-state index in [2.05, 4.69) is 22.3 Å². The second-order valence-electron chi connectivity index (χ2n) is 7.19. The second kappa shape index (κ2) is 7.48. The van der Waals surface area contributed by atoms with Crippen LogP contribution in [0, 0.1) is 0 Å². The molecule has 0 radical (unpaired) electrons. The number of rotatable bonds is 4. The van der Waals surface area contributed by atoms with E-state index < -0.39 is 0 Å². The maximum absolute atomic E-state index is 12.3. The van der Waals surface area contributed by atoms with E-state index in [1.807, 2.05) is 24.3 Å². The molecule has 2 aliphatic rings. The number of benzene rings is 2. The van der Waals surface area contributed by atoms with Crippen LogP contribution in [0.1, 0.15) is 23.7 Å². The highest BCUT2D eigenvalue weighted by Gasteiger charge is 2.38. The van der Waals surface area contributed by atoms with Gasteiger partial charge in [-0.1, -0.05) is 42.5 Å². The number of phenolic OH excluding ortho intramolecular Hbond substituents is 1. The molecule has 1 amide bonds. The van der Waals surface area contributed by atoms with Gasteiger partial charge in [0.2, 0.25) is 5.91 Å². The predicted octanol–water partition coefficient (Wildman–Crippen LogP) is 2.27. The van der Waals surface area contributed by atoms with Gasteiger partial charge in [0.05, 0.1) is 19.1 Å². The lowest BCUT2D eigenvalue weighted by Gasteiger charge is -2.35. The summed E-state index contributed by atoms with van der Waals surface area (Å²) in [5.41, 5.74) is 2.04. The Kier molecular flexibility index (Phi) is 4.91. The maximum Gasteiger partial charge on any atom is 0.224 e. The maximum atomic E-state index is 12.3. The number of carbonyl (C=O) groups is 1. The van der Waals surface area contributed by atoms with Gasteiger partial charge >= 0.3 is 0 Å². The molecule has 0 bridgehead atoms. The van der Waals surface area contributed by atoms with Crippen LogP contribution in [0.2, 0.25) is 0 Å². The quantitative estimate of drug-likeness (QED) is 0.886. The number of hydrogen-bond acceptors (Lipinski definition) is 4. The van der Waals surface area contributed by atoms with Crippen LogP contribution in [0.4, 0.5) is 0 Å². The molecule has 2 heterocycles. The van der Waals surface area contributed by atoms with E-state index in [1.54, 1.807) is 18.2 Å². The highest BCUT2D eigenvalue weighted by atomic mass is 16.5. The van der Waals surface area contributed by atoms with Crippen LogP contribution in [-0.2, 0) is 16.0 Å². The van der Waals surface area contributed by atoms with E-state index in [-0.39, 0.29) is 23.8 Å². The Bertz CT molecular complexity index is 765. The lowest BCUT2D eigenvalue weighted by Crippen LogP contribution is -2.43. The van der Waals surface area contributed by atoms with Gasteiger partial charge in [-0.25, -0.2) is 0 Å². The number of fused-ring (bicyclic) bond motifs is 1. The first kappa shape index (κ1) is 17.1. The van der Waals surface area contributed by atoms with E-state index in [0.29, 0.717) is 19.1 Å². The Labute approximate surface area is 153 Å². The van der Waals surface area contributed by atoms with Crippen molar-refractivity contribution in [1.82, 2.24) is 10.2 Å². The fourth-order valence-electron chi connectivity index (χ4n) is 3.98. The monoisotopic (exact) mass is 352 g/mol. The van der Waals surface area contributed by atoms with Gasteiger partial charge in [-0.05, 0) is 29.7 Å². The zero-order valence-electron chi connectivity index (χ0n) is 14.7. The van der Waals surface area contributed by atoms with E-state index in [4.69, 9.17) is 4.74 Å². The minimum Gasteiger partial charge on any atom is -0.508 e. The van der Waals surface area contributed by atoms with Gasteiger partial charge in [0.25, 0.3) is 0 Å². The molecule has 5 nitrogen and oxygen atoms in total. The van der Waals surface area contributed by atoms with Crippen LogP contribution in [0.15, 0.2) is 54.6 Å². The summed E-state index contributed by atoms with van der Waals surface area (Å²) in [6, 6.07) is 17.7. The third-order valence-corrected chi connectivity index (χ3v) is 5.23. The smallest absolute Gasteiger partial charge is 0.224 e. The molecule has 2 aliphatic heterocycles. The Morgan fingerprint density at radius 3 is 2.81 bits per heavy atom. The number of phenols is 1. The average Bonchev–Trinajstić information content (AvgIpc) is 3.03. The van der Waals surface area contributed by atoms with Crippen molar-refractivity contribution in [2.75, 3.05) is 19.7 Å². The summed E-state index contributed by atoms with van der Waals surface area (Å²) in [5, 5.41) is 12.7. The number of nitrogens with zero attached hydrogens (tertiary/aromatic N) is 1. The standard InChI is InChI=1S/C21H24N2O3/c24-19-8-4-5-15(9-19)10-21(25)22-17-11-18-14-26-20(13-23(18)12-17)16-6-2-1-3-7-16/h1-9,17-18,20,24H,10-14H2,(H,22,25)/t17-,18+,20-/m1/s1. The number of carbonyl (C=O) groups excluding carboxylic acids is 1. The average molecular weight is 352 g/mol. The van der Waals surface area contributed by atoms with Gasteiger partial charge in [-0.3, -0.25) is 9.69 Å². The van der Waals surface area contributed by atoms with Crippen molar-refractivity contribution in [3.63, 3.8) is 0 Å². The van der Waals surface area contributed by atoms with Crippen molar-refractivity contribution >= 4 is 5.91 Å². The fourth-order valence-corrected chi connectivity index (χ4v) is 3.98. The predicted molar refractivity (Wildman–Crippen MR) is 98.9 cm³/mol. The molecule has 0 saturated carbocycles. The van der Waals surface area contributed by atoms with Crippen molar-refractivity contribution in [2.24, 2.45) is 0 Å². The molecule has 4 rings (SSSR count). The molecular weight excluding hydrogens is 328 g/mol. The Balaban J connectivity index is 1.31. The molecular formula is C21H24N2O3. The van der Waals surface area contributed by atoms with Crippen LogP contribution in [0.5, 0.6) is 5.75 Å². The van der Waals surface area contributed by atoms with E-state index in [0.717, 1.165) is 25.1 Å². The lowest BCUT2D eigenvalue weighted by atomic mass is 10.1. The molecule has 0 spiro atoms. The number of nitrogens with one attached hydrogen (secondary N) is 1. The number of morpholine rings is 1. The van der Waals surface area contributed by atoms with Crippen LogP contribution >= 0.6 is 0 Å². The normalized spacial score (nSPS) is 25.6. The molecule has 0 unspecified atom stereocenters. The third kappa shape index (κ3) is 3.89. The summed E-state index contributed by atoms with van der Waals surface area (Å²) < 4.78 is 6.06. The molecule has 2 aromatic rings. The number of ether oxygens (including phenoxy) is 1. The molecule has 26 heavy (non-hydrogen) atoms. The van der Waals surface area contributed by atoms with E-state index >= 15 is 0 Å². The highest BCUT2D eigenvalue weighted by Crippen LogP contribution is 2.30. The summed E-state index contributed by atoms with van der Waals surface area (Å²) in [6.45, 7) is 2.44. The summed E-state index contributed by atoms with van der Waals surface area (Å²) in [5.74, 6) is 0.193. The largest absolute Gasteiger partial charge is 0.508 e. The first-order valence-corrected chi connectivity index (χ1v) is 9.15. The number of amides is 1. The lowest BCUT2D eigenvalue weighted by molar-refractivity contribution is -0.121. The summed E-state index contributed by atoms with van der Waals surface area (Å²) in [4.78, 5) is 14.8. The topological polar surface area (TPSA) is 61.8 Å². The molecule has 0 aliphatic carbocycles. The third-order valence-electron chi connectivity index (χ3n) is 5.23. The summed E-state index contributed by atoms with van der Waals surface area (Å²) in [6.07, 6.45) is 1.32. The van der Waals surface area contributed by atoms with Crippen LogP contribution in [-0.4, -0.2) is 47.7 Å². The molecule has 2 aromatic carbocycles. The van der Waals surface area contributed by atoms with Gasteiger partial charge in [0.1, 0.15) is 5.75 Å². The van der Waals surface area contributed by atoms with Gasteiger partial charge in [-0.2, -0.15) is 0 Å². The SMILES string of the molecule is O=C(Cc1cccc(O)c1)N[C@@H]1C[C@H]2CO[C@@H](c3ccccc3)CN2C1. The molecule has 3 atom stereocenters. The van der Waals surface area contributed by atoms with Gasteiger partial charge in [-0.15, -0.1) is 0 Å². The minimum atomic E-state index is 0.000902. The molecule has 5 heteroatoms. The van der Waals surface area contributed by atoms with Crippen LogP contribution in [0.3, 0.4) is 0 Å². The van der Waals surface area contributed by atoms with Gasteiger partial charge < -0.3 is 15.2 Å². The van der Waals surface area contributed by atoms with Crippen molar-refractivity contribution in [3.05, 3.63) is 65.7 Å². The first-order chi connectivity index (χ1) is 12.7. The second-order valence-corrected chi connectivity index (χ2v) is 7.19. The highest BCUT2D eigenvalue weighted by molar-refractivity contribution is 5.79. The summed E-state index contributed by atoms with van der Waals surface area (Å²) >= 11 is 0. The zero-order chi connectivity index (χ0) is 17.9. The Hall–Kier alpha value is -2.37. The molecule has 2 fully saturated rings. The first-order valence-electron chi connectivity index (χ1n) is 9.15. The van der Waals surface area contributed by atoms with Gasteiger partial charge in [0, 0.05) is 25.2 Å². The Morgan fingerprint density at radius 1 is 1.15 bits per heavy atom. The molecule has 2 N–H and O–H groups in total. The fraction of sp³-hybridized carbons (Fsp3) is 0.381. The van der Waals surface area contributed by atoms with E-state index in [9.17, 15) is 9.90 Å². The van der Waals surface area contributed by atoms with Crippen molar-refractivity contribution < 1.29 is 14.6 Å². The van der Waals surface area contributed by atoms with Crippen LogP contribution in [0.25, 0.3) is 0 Å². The molecule has 2 saturated heterocycles. The van der Waals surface area contributed by atoms with Crippen LogP contribution < -0.4 is 5.32 Å². The Morgan fingerprint density at radius 2 is 2.00 bits per heavy atom.